The standard InChI is InChI=1S/C8H15N3/c1-9-7-10-6-4-8-3-2-5-11-8/h2-3,5,9-11H,4,6-7H2,1H3. The number of aromatic amines is 1. The van der Waals surface area contributed by atoms with Gasteiger partial charge < -0.3 is 15.6 Å². The molecule has 1 aromatic heterocycles. The fourth-order valence-corrected chi connectivity index (χ4v) is 0.959. The first-order valence-corrected chi connectivity index (χ1v) is 3.91. The molecule has 3 nitrogen and oxygen atoms in total. The molecule has 0 saturated heterocycles. The van der Waals surface area contributed by atoms with Crippen LogP contribution in [0.3, 0.4) is 0 Å². The number of H-pyrrole nitrogens is 1. The lowest BCUT2D eigenvalue weighted by atomic mass is 10.3. The smallest absolute Gasteiger partial charge is 0.0451 e. The predicted molar refractivity (Wildman–Crippen MR) is 46.4 cm³/mol. The van der Waals surface area contributed by atoms with Gasteiger partial charge in [-0.1, -0.05) is 0 Å². The van der Waals surface area contributed by atoms with Crippen molar-refractivity contribution in [3.63, 3.8) is 0 Å². The average molecular weight is 153 g/mol. The molecule has 0 saturated carbocycles. The Labute approximate surface area is 67.2 Å². The highest BCUT2D eigenvalue weighted by atomic mass is 15.0. The lowest BCUT2D eigenvalue weighted by Crippen LogP contribution is -2.27. The number of aromatic nitrogens is 1. The van der Waals surface area contributed by atoms with Crippen molar-refractivity contribution >= 4 is 0 Å². The van der Waals surface area contributed by atoms with Crippen LogP contribution in [-0.2, 0) is 6.42 Å². The quantitative estimate of drug-likeness (QED) is 0.421. The maximum atomic E-state index is 3.24. The van der Waals surface area contributed by atoms with Crippen molar-refractivity contribution in [1.82, 2.24) is 15.6 Å². The number of hydrogen-bond donors (Lipinski definition) is 3. The molecule has 3 heteroatoms. The van der Waals surface area contributed by atoms with E-state index >= 15 is 0 Å². The van der Waals surface area contributed by atoms with Crippen LogP contribution in [0.2, 0.25) is 0 Å². The van der Waals surface area contributed by atoms with Crippen LogP contribution in [0.1, 0.15) is 5.69 Å². The molecule has 0 aliphatic carbocycles. The third-order valence-corrected chi connectivity index (χ3v) is 1.54. The van der Waals surface area contributed by atoms with Crippen molar-refractivity contribution in [3.05, 3.63) is 24.0 Å². The fourth-order valence-electron chi connectivity index (χ4n) is 0.959. The number of rotatable bonds is 5. The Hall–Kier alpha value is -0.800. The molecule has 3 N–H and O–H groups in total. The first kappa shape index (κ1) is 8.30. The van der Waals surface area contributed by atoms with E-state index in [0.29, 0.717) is 0 Å². The second kappa shape index (κ2) is 4.93. The largest absolute Gasteiger partial charge is 0.365 e. The molecule has 0 aliphatic heterocycles. The molecule has 1 rings (SSSR count). The van der Waals surface area contributed by atoms with E-state index in [1.165, 1.54) is 5.69 Å². The molecule has 0 aromatic carbocycles. The van der Waals surface area contributed by atoms with Crippen molar-refractivity contribution < 1.29 is 0 Å². The van der Waals surface area contributed by atoms with Gasteiger partial charge in [-0.15, -0.1) is 0 Å². The van der Waals surface area contributed by atoms with Crippen molar-refractivity contribution in [2.24, 2.45) is 0 Å². The van der Waals surface area contributed by atoms with Crippen LogP contribution in [0, 0.1) is 0 Å². The summed E-state index contributed by atoms with van der Waals surface area (Å²) in [6, 6.07) is 4.12. The molecule has 0 bridgehead atoms. The summed E-state index contributed by atoms with van der Waals surface area (Å²) in [6.07, 6.45) is 3.02. The van der Waals surface area contributed by atoms with Crippen LogP contribution in [0.5, 0.6) is 0 Å². The molecule has 11 heavy (non-hydrogen) atoms. The van der Waals surface area contributed by atoms with E-state index < -0.39 is 0 Å². The normalized spacial score (nSPS) is 10.3. The van der Waals surface area contributed by atoms with Crippen molar-refractivity contribution in [2.75, 3.05) is 20.3 Å². The molecule has 0 spiro atoms. The minimum absolute atomic E-state index is 0.876. The monoisotopic (exact) mass is 153 g/mol. The SMILES string of the molecule is CNCNCCc1ccc[nH]1. The molecule has 0 unspecified atom stereocenters. The third-order valence-electron chi connectivity index (χ3n) is 1.54. The Morgan fingerprint density at radius 2 is 2.45 bits per heavy atom. The van der Waals surface area contributed by atoms with Gasteiger partial charge in [-0.25, -0.2) is 0 Å². The van der Waals surface area contributed by atoms with E-state index in [1.807, 2.05) is 19.3 Å². The van der Waals surface area contributed by atoms with Gasteiger partial charge in [0.2, 0.25) is 0 Å². The molecule has 0 amide bonds. The summed E-state index contributed by atoms with van der Waals surface area (Å²) in [5, 5.41) is 6.27. The van der Waals surface area contributed by atoms with Crippen LogP contribution >= 0.6 is 0 Å². The number of nitrogens with one attached hydrogen (secondary N) is 3. The third kappa shape index (κ3) is 3.20. The summed E-state index contributed by atoms with van der Waals surface area (Å²) >= 11 is 0. The molecular formula is C8H15N3. The van der Waals surface area contributed by atoms with E-state index in [-0.39, 0.29) is 0 Å². The van der Waals surface area contributed by atoms with Crippen molar-refractivity contribution in [3.8, 4) is 0 Å². The Morgan fingerprint density at radius 1 is 1.55 bits per heavy atom. The maximum absolute atomic E-state index is 3.24. The van der Waals surface area contributed by atoms with E-state index in [9.17, 15) is 0 Å². The lowest BCUT2D eigenvalue weighted by Gasteiger charge is -2.01. The highest BCUT2D eigenvalue weighted by molar-refractivity contribution is 5.03. The Bertz CT molecular complexity index is 169. The highest BCUT2D eigenvalue weighted by Crippen LogP contribution is 1.93. The second-order valence-corrected chi connectivity index (χ2v) is 2.48. The minimum Gasteiger partial charge on any atom is -0.365 e. The average Bonchev–Trinajstić information content (AvgIpc) is 2.50. The van der Waals surface area contributed by atoms with Gasteiger partial charge in [0.05, 0.1) is 0 Å². The van der Waals surface area contributed by atoms with E-state index in [1.54, 1.807) is 0 Å². The highest BCUT2D eigenvalue weighted by Gasteiger charge is 1.90. The van der Waals surface area contributed by atoms with Crippen molar-refractivity contribution in [1.29, 1.82) is 0 Å². The zero-order chi connectivity index (χ0) is 7.94. The fraction of sp³-hybridized carbons (Fsp3) is 0.500. The van der Waals surface area contributed by atoms with Crippen molar-refractivity contribution in [2.45, 2.75) is 6.42 Å². The van der Waals surface area contributed by atoms with Gasteiger partial charge in [0, 0.05) is 25.1 Å². The molecule has 0 atom stereocenters. The predicted octanol–water partition coefficient (Wildman–Crippen LogP) is 0.324. The Kier molecular flexibility index (Phi) is 3.72. The van der Waals surface area contributed by atoms with E-state index in [0.717, 1.165) is 19.6 Å². The van der Waals surface area contributed by atoms with Gasteiger partial charge >= 0.3 is 0 Å². The maximum Gasteiger partial charge on any atom is 0.0451 e. The van der Waals surface area contributed by atoms with Crippen LogP contribution in [0.4, 0.5) is 0 Å². The van der Waals surface area contributed by atoms with Gasteiger partial charge in [-0.05, 0) is 25.6 Å². The second-order valence-electron chi connectivity index (χ2n) is 2.48. The topological polar surface area (TPSA) is 39.8 Å². The molecule has 0 aliphatic rings. The van der Waals surface area contributed by atoms with E-state index in [4.69, 9.17) is 0 Å². The van der Waals surface area contributed by atoms with Crippen LogP contribution in [0.25, 0.3) is 0 Å². The van der Waals surface area contributed by atoms with Gasteiger partial charge in [0.15, 0.2) is 0 Å². The van der Waals surface area contributed by atoms with Gasteiger partial charge in [0.1, 0.15) is 0 Å². The summed E-state index contributed by atoms with van der Waals surface area (Å²) in [6.45, 7) is 1.89. The Balaban J connectivity index is 2.04. The van der Waals surface area contributed by atoms with Crippen LogP contribution in [-0.4, -0.2) is 25.2 Å². The van der Waals surface area contributed by atoms with E-state index in [2.05, 4.69) is 21.7 Å². The molecule has 62 valence electrons. The summed E-state index contributed by atoms with van der Waals surface area (Å²) in [5.74, 6) is 0. The zero-order valence-corrected chi connectivity index (χ0v) is 6.85. The molecule has 0 fully saturated rings. The lowest BCUT2D eigenvalue weighted by molar-refractivity contribution is 0.628. The first-order chi connectivity index (χ1) is 5.43. The minimum atomic E-state index is 0.876. The van der Waals surface area contributed by atoms with Gasteiger partial charge in [0.25, 0.3) is 0 Å². The molecule has 1 aromatic rings. The summed E-state index contributed by atoms with van der Waals surface area (Å²) < 4.78 is 0. The Morgan fingerprint density at radius 3 is 3.09 bits per heavy atom. The molecule has 1 heterocycles. The molecular weight excluding hydrogens is 138 g/mol. The van der Waals surface area contributed by atoms with Crippen LogP contribution < -0.4 is 10.6 Å². The number of hydrogen-bond acceptors (Lipinski definition) is 2. The zero-order valence-electron chi connectivity index (χ0n) is 6.85. The van der Waals surface area contributed by atoms with Crippen LogP contribution in [0.15, 0.2) is 18.3 Å². The summed E-state index contributed by atoms with van der Waals surface area (Å²) in [5.41, 5.74) is 1.29. The summed E-state index contributed by atoms with van der Waals surface area (Å²) in [4.78, 5) is 3.15. The molecule has 0 radical (unpaired) electrons. The van der Waals surface area contributed by atoms with Gasteiger partial charge in [-0.3, -0.25) is 0 Å². The summed E-state index contributed by atoms with van der Waals surface area (Å²) in [7, 11) is 1.93. The first-order valence-electron chi connectivity index (χ1n) is 3.91. The van der Waals surface area contributed by atoms with Gasteiger partial charge in [-0.2, -0.15) is 0 Å².